The van der Waals surface area contributed by atoms with E-state index in [1.165, 1.54) is 25.0 Å². The molecule has 1 aliphatic rings. The van der Waals surface area contributed by atoms with Crippen molar-refractivity contribution in [2.45, 2.75) is 26.1 Å². The minimum absolute atomic E-state index is 0.0166. The lowest BCUT2D eigenvalue weighted by Crippen LogP contribution is -2.00. The van der Waals surface area contributed by atoms with Crippen molar-refractivity contribution in [1.29, 1.82) is 0 Å². The van der Waals surface area contributed by atoms with E-state index < -0.39 is 12.5 Å². The number of alkyl halides is 2. The van der Waals surface area contributed by atoms with Crippen molar-refractivity contribution in [2.24, 2.45) is 0 Å². The van der Waals surface area contributed by atoms with Crippen molar-refractivity contribution in [3.05, 3.63) is 70.8 Å². The maximum atomic E-state index is 11.9. The quantitative estimate of drug-likeness (QED) is 0.496. The first-order valence-corrected chi connectivity index (χ1v) is 10.3. The summed E-state index contributed by atoms with van der Waals surface area (Å²) in [6, 6.07) is 13.1. The number of rotatable bonds is 6. The third-order valence-corrected chi connectivity index (χ3v) is 4.50. The number of ether oxygens (including phenoxy) is 1. The summed E-state index contributed by atoms with van der Waals surface area (Å²) in [7, 11) is 0. The average Bonchev–Trinajstić information content (AvgIpc) is 3.39. The second-order valence-corrected chi connectivity index (χ2v) is 6.70. The molecule has 29 heavy (non-hydrogen) atoms. The minimum Gasteiger partial charge on any atom is -0.392 e. The summed E-state index contributed by atoms with van der Waals surface area (Å²) in [4.78, 5) is 21.9. The number of aliphatic hydroxyl groups excluding tert-OH is 2. The zero-order valence-electron chi connectivity index (χ0n) is 16.2. The molecule has 2 aromatic carbocycles. The Morgan fingerprint density at radius 2 is 1.24 bits per heavy atom. The summed E-state index contributed by atoms with van der Waals surface area (Å²) in [5, 5.41) is 17.7. The van der Waals surface area contributed by atoms with Gasteiger partial charge in [-0.15, -0.1) is 0 Å². The van der Waals surface area contributed by atoms with E-state index in [4.69, 9.17) is 14.9 Å². The number of hydrogen-bond acceptors (Lipinski definition) is 5. The molecule has 2 N–H and O–H groups in total. The Hall–Kier alpha value is -1.93. The molecule has 158 valence electrons. The van der Waals surface area contributed by atoms with E-state index in [0.717, 1.165) is 18.8 Å². The van der Waals surface area contributed by atoms with Crippen molar-refractivity contribution < 1.29 is 28.9 Å². The smallest absolute Gasteiger partial charge is 0.193 e. The predicted octanol–water partition coefficient (Wildman–Crippen LogP) is 3.88. The number of halogens is 2. The third kappa shape index (κ3) is 9.89. The van der Waals surface area contributed by atoms with Crippen LogP contribution >= 0.6 is 15.9 Å². The van der Waals surface area contributed by atoms with Gasteiger partial charge in [0.25, 0.3) is 0 Å². The lowest BCUT2D eigenvalue weighted by atomic mass is 10.1. The van der Waals surface area contributed by atoms with Crippen LogP contribution in [-0.2, 0) is 18.0 Å². The molecule has 0 aromatic heterocycles. The summed E-state index contributed by atoms with van der Waals surface area (Å²) in [5.41, 5.74) is 2.55. The highest BCUT2D eigenvalue weighted by Crippen LogP contribution is 2.06. The van der Waals surface area contributed by atoms with Crippen LogP contribution < -0.4 is 0 Å². The fourth-order valence-corrected chi connectivity index (χ4v) is 2.58. The Morgan fingerprint density at radius 1 is 0.828 bits per heavy atom. The Bertz CT molecular complexity index is 661. The number of aliphatic hydroxyl groups is 2. The van der Waals surface area contributed by atoms with E-state index in [1.54, 1.807) is 36.4 Å². The average molecular weight is 469 g/mol. The zero-order chi connectivity index (χ0) is 21.5. The van der Waals surface area contributed by atoms with Gasteiger partial charge in [-0.25, -0.2) is 4.39 Å². The Morgan fingerprint density at radius 3 is 1.52 bits per heavy atom. The van der Waals surface area contributed by atoms with Crippen LogP contribution in [0.5, 0.6) is 0 Å². The van der Waals surface area contributed by atoms with Crippen molar-refractivity contribution >= 4 is 27.5 Å². The largest absolute Gasteiger partial charge is 0.392 e. The Labute approximate surface area is 178 Å². The van der Waals surface area contributed by atoms with Crippen LogP contribution in [0.3, 0.4) is 0 Å². The van der Waals surface area contributed by atoms with Gasteiger partial charge in [0.05, 0.1) is 18.5 Å². The fourth-order valence-electron chi connectivity index (χ4n) is 2.26. The number of ketones is 2. The summed E-state index contributed by atoms with van der Waals surface area (Å²) in [6.07, 6.45) is 2.56. The number of hydrogen-bond donors (Lipinski definition) is 2. The van der Waals surface area contributed by atoms with E-state index in [0.29, 0.717) is 22.0 Å². The molecule has 1 fully saturated rings. The second kappa shape index (κ2) is 15.0. The van der Waals surface area contributed by atoms with Crippen LogP contribution in [0.4, 0.5) is 4.39 Å². The summed E-state index contributed by atoms with van der Waals surface area (Å²) < 4.78 is 16.8. The first-order chi connectivity index (χ1) is 14.0. The number of carbonyl (C=O) groups is 2. The van der Waals surface area contributed by atoms with Crippen molar-refractivity contribution in [2.75, 3.05) is 25.2 Å². The molecule has 2 aromatic rings. The Kier molecular flexibility index (Phi) is 13.0. The van der Waals surface area contributed by atoms with Crippen LogP contribution in [0.1, 0.15) is 44.7 Å². The van der Waals surface area contributed by atoms with Gasteiger partial charge in [-0.05, 0) is 24.0 Å². The lowest BCUT2D eigenvalue weighted by molar-refractivity contribution is 0.0957. The molecule has 0 spiro atoms. The van der Waals surface area contributed by atoms with Crippen molar-refractivity contribution in [1.82, 2.24) is 0 Å². The van der Waals surface area contributed by atoms with Gasteiger partial charge < -0.3 is 14.9 Å². The second-order valence-electron chi connectivity index (χ2n) is 6.14. The topological polar surface area (TPSA) is 83.8 Å². The van der Waals surface area contributed by atoms with Gasteiger partial charge in [0.1, 0.15) is 0 Å². The zero-order valence-corrected chi connectivity index (χ0v) is 17.7. The van der Waals surface area contributed by atoms with Crippen LogP contribution in [0.2, 0.25) is 0 Å². The van der Waals surface area contributed by atoms with Crippen LogP contribution in [0, 0.1) is 0 Å². The molecule has 0 aliphatic carbocycles. The van der Waals surface area contributed by atoms with Crippen LogP contribution in [0.15, 0.2) is 48.5 Å². The van der Waals surface area contributed by atoms with Gasteiger partial charge in [-0.3, -0.25) is 9.59 Å². The monoisotopic (exact) mass is 468 g/mol. The number of Topliss-reactive ketones (excluding diaryl/α,β-unsaturated/α-hetero) is 2. The fraction of sp³-hybridized carbons (Fsp3) is 0.364. The molecular weight excluding hydrogens is 443 g/mol. The van der Waals surface area contributed by atoms with Crippen molar-refractivity contribution in [3.8, 4) is 0 Å². The summed E-state index contributed by atoms with van der Waals surface area (Å²) >= 11 is 3.09. The standard InChI is InChI=1S/C9H9BrO2.C9H9FO2.C4H8O/c2*10-5-9(12)8-3-1-7(6-11)2-4-8;1-2-4-5-3-1/h2*1-4,11H,5-6H2;1-4H2. The first-order valence-electron chi connectivity index (χ1n) is 9.21. The van der Waals surface area contributed by atoms with Gasteiger partial charge in [-0.1, -0.05) is 64.5 Å². The van der Waals surface area contributed by atoms with E-state index in [2.05, 4.69) is 15.9 Å². The van der Waals surface area contributed by atoms with E-state index in [-0.39, 0.29) is 19.0 Å². The van der Waals surface area contributed by atoms with E-state index >= 15 is 0 Å². The molecule has 0 amide bonds. The Balaban J connectivity index is 0.000000235. The highest BCUT2D eigenvalue weighted by molar-refractivity contribution is 9.09. The molecule has 0 bridgehead atoms. The van der Waals surface area contributed by atoms with Gasteiger partial charge in [0.15, 0.2) is 18.2 Å². The number of benzene rings is 2. The van der Waals surface area contributed by atoms with Gasteiger partial charge in [-0.2, -0.15) is 0 Å². The minimum atomic E-state index is -0.974. The third-order valence-electron chi connectivity index (χ3n) is 3.99. The van der Waals surface area contributed by atoms with E-state index in [1.807, 2.05) is 0 Å². The summed E-state index contributed by atoms with van der Waals surface area (Å²) in [5.74, 6) is -0.473. The molecular formula is C22H26BrFO5. The predicted molar refractivity (Wildman–Crippen MR) is 113 cm³/mol. The van der Waals surface area contributed by atoms with Gasteiger partial charge in [0, 0.05) is 24.3 Å². The van der Waals surface area contributed by atoms with Crippen LogP contribution in [0.25, 0.3) is 0 Å². The maximum Gasteiger partial charge on any atom is 0.193 e. The van der Waals surface area contributed by atoms with Crippen molar-refractivity contribution in [3.63, 3.8) is 0 Å². The highest BCUT2D eigenvalue weighted by Gasteiger charge is 2.03. The maximum absolute atomic E-state index is 11.9. The van der Waals surface area contributed by atoms with E-state index in [9.17, 15) is 14.0 Å². The SMILES string of the molecule is C1CCOC1.O=C(CBr)c1ccc(CO)cc1.O=C(CF)c1ccc(CO)cc1. The molecule has 3 rings (SSSR count). The van der Waals surface area contributed by atoms with Gasteiger partial charge in [0.2, 0.25) is 0 Å². The highest BCUT2D eigenvalue weighted by atomic mass is 79.9. The molecule has 0 radical (unpaired) electrons. The number of carbonyl (C=O) groups excluding carboxylic acids is 2. The molecule has 1 heterocycles. The molecule has 1 saturated heterocycles. The van der Waals surface area contributed by atoms with Crippen LogP contribution in [-0.4, -0.2) is 47.0 Å². The molecule has 5 nitrogen and oxygen atoms in total. The van der Waals surface area contributed by atoms with Gasteiger partial charge >= 0.3 is 0 Å². The first kappa shape index (κ1) is 25.1. The summed E-state index contributed by atoms with van der Waals surface area (Å²) in [6.45, 7) is 0.978. The molecule has 7 heteroatoms. The molecule has 0 atom stereocenters. The lowest BCUT2D eigenvalue weighted by Gasteiger charge is -1.98. The normalized spacial score (nSPS) is 12.3. The molecule has 1 aliphatic heterocycles. The molecule has 0 unspecified atom stereocenters. The molecule has 0 saturated carbocycles.